The number of anilines is 1. The van der Waals surface area contributed by atoms with Gasteiger partial charge in [-0.25, -0.2) is 4.98 Å². The summed E-state index contributed by atoms with van der Waals surface area (Å²) in [6.45, 7) is 2.86. The Labute approximate surface area is 143 Å². The number of nitro benzene ring substituents is 1. The van der Waals surface area contributed by atoms with Crippen molar-refractivity contribution in [2.75, 3.05) is 31.1 Å². The van der Waals surface area contributed by atoms with Crippen molar-refractivity contribution in [2.24, 2.45) is 0 Å². The van der Waals surface area contributed by atoms with Crippen molar-refractivity contribution >= 4 is 28.1 Å². The predicted octanol–water partition coefficient (Wildman–Crippen LogP) is 2.33. The number of aryl methyl sites for hydroxylation is 1. The van der Waals surface area contributed by atoms with Gasteiger partial charge in [0, 0.05) is 55.8 Å². The summed E-state index contributed by atoms with van der Waals surface area (Å²) in [5.41, 5.74) is 0.691. The van der Waals surface area contributed by atoms with Crippen LogP contribution in [0.5, 0.6) is 0 Å². The molecule has 0 atom stereocenters. The molecule has 1 amide bonds. The quantitative estimate of drug-likeness (QED) is 0.613. The van der Waals surface area contributed by atoms with Crippen LogP contribution in [-0.2, 0) is 11.2 Å². The Kier molecular flexibility index (Phi) is 5.05. The van der Waals surface area contributed by atoms with Gasteiger partial charge in [0.15, 0.2) is 5.13 Å². The molecule has 0 bridgehead atoms. The molecule has 0 spiro atoms. The summed E-state index contributed by atoms with van der Waals surface area (Å²) >= 11 is 1.60. The smallest absolute Gasteiger partial charge is 0.272 e. The number of thiazole rings is 1. The van der Waals surface area contributed by atoms with E-state index in [2.05, 4.69) is 9.88 Å². The van der Waals surface area contributed by atoms with Crippen molar-refractivity contribution in [3.63, 3.8) is 0 Å². The first-order valence-electron chi connectivity index (χ1n) is 7.79. The molecule has 0 unspecified atom stereocenters. The molecular formula is C16H18N4O3S. The van der Waals surface area contributed by atoms with Crippen LogP contribution in [0.1, 0.15) is 12.0 Å². The van der Waals surface area contributed by atoms with Crippen molar-refractivity contribution in [1.82, 2.24) is 9.88 Å². The third-order valence-corrected chi connectivity index (χ3v) is 4.95. The van der Waals surface area contributed by atoms with E-state index < -0.39 is 4.92 Å². The van der Waals surface area contributed by atoms with Crippen LogP contribution in [0.4, 0.5) is 10.8 Å². The topological polar surface area (TPSA) is 79.6 Å². The maximum Gasteiger partial charge on any atom is 0.272 e. The lowest BCUT2D eigenvalue weighted by atomic mass is 10.1. The summed E-state index contributed by atoms with van der Waals surface area (Å²) < 4.78 is 0. The highest BCUT2D eigenvalue weighted by Gasteiger charge is 2.23. The van der Waals surface area contributed by atoms with Gasteiger partial charge in [-0.1, -0.05) is 18.2 Å². The molecule has 24 heavy (non-hydrogen) atoms. The molecule has 0 N–H and O–H groups in total. The average molecular weight is 346 g/mol. The maximum atomic E-state index is 12.4. The fraction of sp³-hybridized carbons (Fsp3) is 0.375. The van der Waals surface area contributed by atoms with Gasteiger partial charge in [-0.15, -0.1) is 11.3 Å². The second-order valence-electron chi connectivity index (χ2n) is 5.57. The Balaban J connectivity index is 1.52. The predicted molar refractivity (Wildman–Crippen MR) is 92.3 cm³/mol. The summed E-state index contributed by atoms with van der Waals surface area (Å²) in [6.07, 6.45) is 2.47. The number of nitrogens with zero attached hydrogens (tertiary/aromatic N) is 4. The van der Waals surface area contributed by atoms with Gasteiger partial charge in [-0.3, -0.25) is 14.9 Å². The number of aromatic nitrogens is 1. The van der Waals surface area contributed by atoms with E-state index in [9.17, 15) is 14.9 Å². The number of amides is 1. The minimum absolute atomic E-state index is 0.0481. The van der Waals surface area contributed by atoms with Crippen LogP contribution in [0.3, 0.4) is 0 Å². The van der Waals surface area contributed by atoms with E-state index in [-0.39, 0.29) is 11.6 Å². The number of piperazine rings is 1. The minimum atomic E-state index is -0.396. The standard InChI is InChI=1S/C16H18N4O3S/c21-15(6-5-13-3-1-2-4-14(13)20(22)23)18-8-10-19(11-9-18)16-17-7-12-24-16/h1-4,7,12H,5-6,8-11H2. The molecule has 2 aromatic rings. The number of hydrogen-bond donors (Lipinski definition) is 0. The van der Waals surface area contributed by atoms with Gasteiger partial charge >= 0.3 is 0 Å². The zero-order valence-electron chi connectivity index (χ0n) is 13.1. The monoisotopic (exact) mass is 346 g/mol. The summed E-state index contributed by atoms with van der Waals surface area (Å²) in [5.74, 6) is 0.0481. The van der Waals surface area contributed by atoms with Gasteiger partial charge in [0.1, 0.15) is 0 Å². The van der Waals surface area contributed by atoms with Crippen LogP contribution >= 0.6 is 11.3 Å². The first-order chi connectivity index (χ1) is 11.6. The number of nitro groups is 1. The largest absolute Gasteiger partial charge is 0.345 e. The average Bonchev–Trinajstić information content (AvgIpc) is 3.14. The van der Waals surface area contributed by atoms with E-state index in [1.165, 1.54) is 6.07 Å². The fourth-order valence-corrected chi connectivity index (χ4v) is 3.52. The third-order valence-electron chi connectivity index (χ3n) is 4.12. The van der Waals surface area contributed by atoms with Gasteiger partial charge in [0.05, 0.1) is 4.92 Å². The molecule has 1 saturated heterocycles. The number of rotatable bonds is 5. The Morgan fingerprint density at radius 2 is 2.00 bits per heavy atom. The molecule has 1 aromatic carbocycles. The van der Waals surface area contributed by atoms with Crippen LogP contribution in [0.25, 0.3) is 0 Å². The zero-order chi connectivity index (χ0) is 16.9. The van der Waals surface area contributed by atoms with Crippen molar-refractivity contribution in [3.8, 4) is 0 Å². The Hall–Kier alpha value is -2.48. The number of carbonyl (C=O) groups is 1. The summed E-state index contributed by atoms with van der Waals surface area (Å²) in [6, 6.07) is 6.60. The molecule has 2 heterocycles. The molecule has 1 aliphatic rings. The van der Waals surface area contributed by atoms with E-state index in [0.29, 0.717) is 31.5 Å². The number of para-hydroxylation sites is 1. The molecule has 0 aliphatic carbocycles. The van der Waals surface area contributed by atoms with Crippen molar-refractivity contribution in [2.45, 2.75) is 12.8 Å². The highest BCUT2D eigenvalue weighted by atomic mass is 32.1. The molecule has 0 saturated carbocycles. The van der Waals surface area contributed by atoms with Gasteiger partial charge < -0.3 is 9.80 Å². The Bertz CT molecular complexity index is 712. The lowest BCUT2D eigenvalue weighted by molar-refractivity contribution is -0.385. The van der Waals surface area contributed by atoms with E-state index in [1.807, 2.05) is 10.3 Å². The Morgan fingerprint density at radius 3 is 2.67 bits per heavy atom. The second-order valence-corrected chi connectivity index (χ2v) is 6.44. The normalized spacial score (nSPS) is 14.7. The molecule has 3 rings (SSSR count). The molecule has 1 aromatic heterocycles. The number of carbonyl (C=O) groups excluding carboxylic acids is 1. The van der Waals surface area contributed by atoms with E-state index in [4.69, 9.17) is 0 Å². The number of hydrogen-bond acceptors (Lipinski definition) is 6. The van der Waals surface area contributed by atoms with Crippen LogP contribution in [0.15, 0.2) is 35.8 Å². The Morgan fingerprint density at radius 1 is 1.25 bits per heavy atom. The maximum absolute atomic E-state index is 12.4. The van der Waals surface area contributed by atoms with E-state index in [1.54, 1.807) is 35.7 Å². The highest BCUT2D eigenvalue weighted by Crippen LogP contribution is 2.21. The van der Waals surface area contributed by atoms with Crippen LogP contribution in [-0.4, -0.2) is 46.9 Å². The van der Waals surface area contributed by atoms with Gasteiger partial charge in [0.2, 0.25) is 5.91 Å². The molecular weight excluding hydrogens is 328 g/mol. The van der Waals surface area contributed by atoms with Gasteiger partial charge in [-0.05, 0) is 6.42 Å². The molecule has 0 radical (unpaired) electrons. The van der Waals surface area contributed by atoms with Crippen molar-refractivity contribution in [3.05, 3.63) is 51.5 Å². The molecule has 1 aliphatic heterocycles. The van der Waals surface area contributed by atoms with E-state index in [0.717, 1.165) is 18.2 Å². The summed E-state index contributed by atoms with van der Waals surface area (Å²) in [7, 11) is 0. The van der Waals surface area contributed by atoms with Crippen LogP contribution in [0.2, 0.25) is 0 Å². The fourth-order valence-electron chi connectivity index (χ4n) is 2.82. The first kappa shape index (κ1) is 16.4. The van der Waals surface area contributed by atoms with Gasteiger partial charge in [-0.2, -0.15) is 0 Å². The van der Waals surface area contributed by atoms with Crippen molar-refractivity contribution in [1.29, 1.82) is 0 Å². The number of benzene rings is 1. The SMILES string of the molecule is O=C(CCc1ccccc1[N+](=O)[O-])N1CCN(c2nccs2)CC1. The second kappa shape index (κ2) is 7.39. The molecule has 126 valence electrons. The molecule has 1 fully saturated rings. The summed E-state index contributed by atoms with van der Waals surface area (Å²) in [5, 5.41) is 13.9. The third kappa shape index (κ3) is 3.70. The lowest BCUT2D eigenvalue weighted by Crippen LogP contribution is -2.48. The van der Waals surface area contributed by atoms with Crippen LogP contribution < -0.4 is 4.90 Å². The lowest BCUT2D eigenvalue weighted by Gasteiger charge is -2.34. The zero-order valence-corrected chi connectivity index (χ0v) is 13.9. The summed E-state index contributed by atoms with van der Waals surface area (Å²) in [4.78, 5) is 31.3. The molecule has 7 nitrogen and oxygen atoms in total. The van der Waals surface area contributed by atoms with E-state index >= 15 is 0 Å². The molecule has 8 heteroatoms. The minimum Gasteiger partial charge on any atom is -0.345 e. The first-order valence-corrected chi connectivity index (χ1v) is 8.67. The van der Waals surface area contributed by atoms with Crippen molar-refractivity contribution < 1.29 is 9.72 Å². The van der Waals surface area contributed by atoms with Crippen LogP contribution in [0, 0.1) is 10.1 Å². The van der Waals surface area contributed by atoms with Gasteiger partial charge in [0.25, 0.3) is 5.69 Å². The highest BCUT2D eigenvalue weighted by molar-refractivity contribution is 7.13.